The predicted molar refractivity (Wildman–Crippen MR) is 312 cm³/mol. The van der Waals surface area contributed by atoms with Crippen LogP contribution in [0.25, 0.3) is 17.2 Å². The van der Waals surface area contributed by atoms with E-state index in [9.17, 15) is 45.2 Å². The molecule has 0 saturated heterocycles. The van der Waals surface area contributed by atoms with Crippen LogP contribution in [0.1, 0.15) is 76.1 Å². The Bertz CT molecular complexity index is 2830. The average Bonchev–Trinajstić information content (AvgIpc) is 0.993. The molecular weight excluding hydrogens is 1220 g/mol. The molecular formula is C58H81F4N7O20S. The lowest BCUT2D eigenvalue weighted by molar-refractivity contribution is -0.182. The number of alkyl carbamates (subject to hydrolysis) is 1. The van der Waals surface area contributed by atoms with Crippen molar-refractivity contribution in [3.8, 4) is 16.9 Å². The summed E-state index contributed by atoms with van der Waals surface area (Å²) in [7, 11) is -5.65. The van der Waals surface area contributed by atoms with Gasteiger partial charge in [0.15, 0.2) is 16.5 Å². The van der Waals surface area contributed by atoms with Crippen LogP contribution in [0.3, 0.4) is 0 Å². The number of ether oxygens (including phenoxy) is 12. The van der Waals surface area contributed by atoms with Gasteiger partial charge in [-0.2, -0.15) is 17.2 Å². The highest BCUT2D eigenvalue weighted by atomic mass is 32.2. The third-order valence-corrected chi connectivity index (χ3v) is 13.7. The number of rotatable bonds is 48. The third kappa shape index (κ3) is 28.4. The first kappa shape index (κ1) is 74.3. The second kappa shape index (κ2) is 42.6. The minimum atomic E-state index is -5.65. The Balaban J connectivity index is 0.757. The molecule has 5 N–H and O–H groups in total. The number of carbonyl (C=O) groups excluding carboxylic acids is 4. The van der Waals surface area contributed by atoms with Crippen LogP contribution in [0.5, 0.6) is 5.75 Å². The van der Waals surface area contributed by atoms with E-state index in [0.29, 0.717) is 135 Å². The maximum absolute atomic E-state index is 14.0. The molecule has 502 valence electrons. The fraction of sp³-hybridized carbons (Fsp3) is 0.603. The molecule has 1 saturated carbocycles. The van der Waals surface area contributed by atoms with Crippen LogP contribution in [0.15, 0.2) is 46.1 Å². The van der Waals surface area contributed by atoms with Crippen LogP contribution in [0.2, 0.25) is 0 Å². The Labute approximate surface area is 519 Å². The van der Waals surface area contributed by atoms with E-state index in [-0.39, 0.29) is 95.9 Å². The number of esters is 1. The van der Waals surface area contributed by atoms with Crippen molar-refractivity contribution < 1.29 is 111 Å². The minimum absolute atomic E-state index is 0.0127. The summed E-state index contributed by atoms with van der Waals surface area (Å²) in [5.41, 5.74) is 9.59. The van der Waals surface area contributed by atoms with E-state index in [0.717, 1.165) is 36.0 Å². The predicted octanol–water partition coefficient (Wildman–Crippen LogP) is 5.12. The first-order valence-corrected chi connectivity index (χ1v) is 30.9. The van der Waals surface area contributed by atoms with Gasteiger partial charge in [0, 0.05) is 54.5 Å². The van der Waals surface area contributed by atoms with Crippen LogP contribution < -0.4 is 21.1 Å². The number of amidine groups is 1. The lowest BCUT2D eigenvalue weighted by atomic mass is 9.93. The second-order valence-corrected chi connectivity index (χ2v) is 21.1. The van der Waals surface area contributed by atoms with Crippen molar-refractivity contribution in [3.63, 3.8) is 0 Å². The molecule has 1 aliphatic carbocycles. The zero-order chi connectivity index (χ0) is 64.8. The zero-order valence-corrected chi connectivity index (χ0v) is 51.2. The molecule has 0 atom stereocenters. The normalized spacial score (nSPS) is 13.2. The number of unbranched alkanes of at least 4 members (excludes halogenated alkanes) is 1. The van der Waals surface area contributed by atoms with E-state index in [1.807, 2.05) is 25.1 Å². The van der Waals surface area contributed by atoms with Gasteiger partial charge in [-0.15, -0.1) is 0 Å². The fourth-order valence-electron chi connectivity index (χ4n) is 7.94. The summed E-state index contributed by atoms with van der Waals surface area (Å²) in [6.45, 7) is 8.61. The molecule has 2 heterocycles. The Morgan fingerprint density at radius 3 is 1.62 bits per heavy atom. The number of halogens is 4. The summed E-state index contributed by atoms with van der Waals surface area (Å²) in [6, 6.07) is 5.82. The molecule has 1 aromatic heterocycles. The highest BCUT2D eigenvalue weighted by Gasteiger charge is 2.34. The van der Waals surface area contributed by atoms with Crippen LogP contribution >= 0.6 is 0 Å². The van der Waals surface area contributed by atoms with Gasteiger partial charge in [-0.05, 0) is 56.2 Å². The maximum Gasteiger partial charge on any atom is 0.407 e. The molecule has 1 aliphatic heterocycles. The molecule has 27 nitrogen and oxygen atoms in total. The Kier molecular flexibility index (Phi) is 35.2. The van der Waals surface area contributed by atoms with Gasteiger partial charge in [0.05, 0.1) is 164 Å². The number of aliphatic imine (C=N–C) groups is 1. The van der Waals surface area contributed by atoms with Gasteiger partial charge < -0.3 is 73.2 Å². The Morgan fingerprint density at radius 2 is 1.14 bits per heavy atom. The number of carbonyl (C=O) groups is 4. The quantitative estimate of drug-likeness (QED) is 0.0108. The van der Waals surface area contributed by atoms with Crippen molar-refractivity contribution in [1.29, 1.82) is 0 Å². The summed E-state index contributed by atoms with van der Waals surface area (Å²) in [6.07, 6.45) is 9.40. The molecule has 3 amide bonds. The van der Waals surface area contributed by atoms with Crippen molar-refractivity contribution in [2.75, 3.05) is 152 Å². The second-order valence-electron chi connectivity index (χ2n) is 19.7. The SMILES string of the molecule is CCCN(OCCCCOC(=O)NC1CCC1)C(=O)C1=Cc2ccc(-c3cnc(CNC(=O)CCOCCOCCOCCOCCOCCOCCOCCOCCOCCOCCC(=O)Oc4c(F)c(F)c(S(=O)(=O)O)c(F)c4F)nc3)cc2N=C(N)C1. The van der Waals surface area contributed by atoms with Crippen molar-refractivity contribution in [2.24, 2.45) is 10.7 Å². The van der Waals surface area contributed by atoms with Crippen molar-refractivity contribution in [3.05, 3.63) is 70.8 Å². The molecule has 0 bridgehead atoms. The first-order chi connectivity index (χ1) is 43.5. The number of nitrogens with one attached hydrogen (secondary N) is 2. The zero-order valence-electron chi connectivity index (χ0n) is 50.4. The van der Waals surface area contributed by atoms with E-state index < -0.39 is 62.5 Å². The maximum atomic E-state index is 14.0. The number of hydroxylamine groups is 2. The third-order valence-electron chi connectivity index (χ3n) is 12.8. The largest absolute Gasteiger partial charge is 0.450 e. The van der Waals surface area contributed by atoms with E-state index in [4.69, 9.17) is 67.2 Å². The fourth-order valence-corrected chi connectivity index (χ4v) is 8.57. The number of aromatic nitrogens is 2. The van der Waals surface area contributed by atoms with Gasteiger partial charge >= 0.3 is 22.2 Å². The molecule has 3 aromatic rings. The number of hydrogen-bond acceptors (Lipinski definition) is 23. The molecule has 1 fully saturated rings. The molecule has 0 radical (unpaired) electrons. The smallest absolute Gasteiger partial charge is 0.407 e. The molecule has 5 rings (SSSR count). The van der Waals surface area contributed by atoms with E-state index in [1.54, 1.807) is 18.5 Å². The molecule has 90 heavy (non-hydrogen) atoms. The van der Waals surface area contributed by atoms with Crippen LogP contribution in [0.4, 0.5) is 28.0 Å². The number of hydrogen-bond donors (Lipinski definition) is 4. The summed E-state index contributed by atoms with van der Waals surface area (Å²) in [5, 5.41) is 7.00. The van der Waals surface area contributed by atoms with Gasteiger partial charge in [-0.25, -0.2) is 33.6 Å². The molecule has 2 aromatic carbocycles. The molecule has 0 unspecified atom stereocenters. The lowest BCUT2D eigenvalue weighted by Gasteiger charge is -2.25. The number of amides is 3. The standard InChI is InChI=1S/C58H81F4N7O20S/c1-2-12-69(88-14-4-3-13-87-58(73)67-45-6-5-7-45)57(72)43-35-42-9-8-41(36-46(42)68-47(63)37-43)44-38-64-48(65-39-44)40-66-49(70)10-15-77-17-19-79-21-23-81-25-27-83-29-31-85-33-34-86-32-30-84-28-26-82-24-22-80-20-18-78-16-11-50(71)89-55-51(59)53(61)56(90(74,75)76)54(62)52(55)60/h8-9,35-36,38-39,45H,2-7,10-34,37,40H2,1H3,(H2,63,68)(H,66,70)(H,67,73)(H,74,75,76). The average molecular weight is 1300 g/mol. The Hall–Kier alpha value is -6.40. The number of nitrogens with two attached hydrogens (primary N) is 1. The van der Waals surface area contributed by atoms with Crippen LogP contribution in [0, 0.1) is 23.3 Å². The van der Waals surface area contributed by atoms with Gasteiger partial charge in [0.2, 0.25) is 23.3 Å². The molecule has 32 heteroatoms. The summed E-state index contributed by atoms with van der Waals surface area (Å²) in [4.78, 5) is 67.0. The molecule has 0 spiro atoms. The van der Waals surface area contributed by atoms with E-state index >= 15 is 0 Å². The highest BCUT2D eigenvalue weighted by molar-refractivity contribution is 7.85. The summed E-state index contributed by atoms with van der Waals surface area (Å²) >= 11 is 0. The van der Waals surface area contributed by atoms with E-state index in [2.05, 4.69) is 30.3 Å². The summed E-state index contributed by atoms with van der Waals surface area (Å²) < 4.78 is 150. The van der Waals surface area contributed by atoms with Gasteiger partial charge in [0.25, 0.3) is 5.91 Å². The number of benzene rings is 2. The van der Waals surface area contributed by atoms with Crippen molar-refractivity contribution >= 4 is 51.6 Å². The molecule has 2 aliphatic rings. The lowest BCUT2D eigenvalue weighted by Crippen LogP contribution is -2.39. The van der Waals surface area contributed by atoms with Gasteiger partial charge in [-0.1, -0.05) is 19.1 Å². The summed E-state index contributed by atoms with van der Waals surface area (Å²) in [5.74, 6) is -12.5. The van der Waals surface area contributed by atoms with Crippen LogP contribution in [-0.4, -0.2) is 216 Å². The van der Waals surface area contributed by atoms with Crippen LogP contribution in [-0.2, 0) is 88.0 Å². The Morgan fingerprint density at radius 1 is 0.656 bits per heavy atom. The number of fused-ring (bicyclic) bond motifs is 1. The highest BCUT2D eigenvalue weighted by Crippen LogP contribution is 2.34. The van der Waals surface area contributed by atoms with Gasteiger partial charge in [-0.3, -0.25) is 23.8 Å². The minimum Gasteiger partial charge on any atom is -0.450 e. The van der Waals surface area contributed by atoms with Crippen molar-refractivity contribution in [1.82, 2.24) is 25.7 Å². The van der Waals surface area contributed by atoms with Gasteiger partial charge in [0.1, 0.15) is 11.7 Å². The monoisotopic (exact) mass is 1300 g/mol. The topological polar surface area (TPSA) is 334 Å². The first-order valence-electron chi connectivity index (χ1n) is 29.5. The van der Waals surface area contributed by atoms with Crippen molar-refractivity contribution in [2.45, 2.75) is 82.2 Å². The number of nitrogens with zero attached hydrogens (tertiary/aromatic N) is 4. The van der Waals surface area contributed by atoms with E-state index in [1.165, 1.54) is 5.06 Å².